The average molecular weight is 487 g/mol. The number of hydrogen-bond donors (Lipinski definition) is 3. The number of ether oxygens (including phenoxy) is 1. The summed E-state index contributed by atoms with van der Waals surface area (Å²) in [5.74, 6) is 0.0349. The second kappa shape index (κ2) is 15.7. The molecule has 1 amide bonds. The predicted octanol–water partition coefficient (Wildman–Crippen LogP) is 5.40. The van der Waals surface area contributed by atoms with E-state index in [0.717, 1.165) is 50.5 Å². The van der Waals surface area contributed by atoms with Gasteiger partial charge in [0.25, 0.3) is 0 Å². The molecule has 0 aliphatic heterocycles. The van der Waals surface area contributed by atoms with E-state index in [-0.39, 0.29) is 36.3 Å². The van der Waals surface area contributed by atoms with Crippen LogP contribution in [0.15, 0.2) is 42.5 Å². The molecule has 2 rings (SSSR count). The molecule has 5 atom stereocenters. The normalized spacial score (nSPS) is 20.1. The smallest absolute Gasteiger partial charge is 0.407 e. The fourth-order valence-electron chi connectivity index (χ4n) is 4.49. The molecular weight excluding hydrogens is 440 g/mol. The van der Waals surface area contributed by atoms with Gasteiger partial charge in [0.2, 0.25) is 0 Å². The van der Waals surface area contributed by atoms with E-state index >= 15 is 0 Å². The van der Waals surface area contributed by atoms with E-state index in [2.05, 4.69) is 44.4 Å². The Kier molecular flexibility index (Phi) is 13.1. The summed E-state index contributed by atoms with van der Waals surface area (Å²) in [4.78, 5) is 24.9. The van der Waals surface area contributed by atoms with Crippen molar-refractivity contribution in [1.82, 2.24) is 10.6 Å². The zero-order valence-electron chi connectivity index (χ0n) is 22.0. The summed E-state index contributed by atoms with van der Waals surface area (Å²) in [6.45, 7) is 9.25. The maximum Gasteiger partial charge on any atom is 0.407 e. The summed E-state index contributed by atoms with van der Waals surface area (Å²) in [5, 5.41) is 17.5. The number of amides is 1. The number of aliphatic hydroxyl groups excluding tert-OH is 1. The van der Waals surface area contributed by atoms with E-state index in [4.69, 9.17) is 4.74 Å². The van der Waals surface area contributed by atoms with Crippen molar-refractivity contribution in [2.45, 2.75) is 97.4 Å². The monoisotopic (exact) mass is 486 g/mol. The molecular formula is C29H46N2O4. The van der Waals surface area contributed by atoms with Crippen molar-refractivity contribution in [2.24, 2.45) is 17.8 Å². The van der Waals surface area contributed by atoms with Gasteiger partial charge < -0.3 is 20.5 Å². The lowest BCUT2D eigenvalue weighted by molar-refractivity contribution is -0.112. The molecule has 35 heavy (non-hydrogen) atoms. The lowest BCUT2D eigenvalue weighted by atomic mass is 9.98. The molecule has 3 N–H and O–H groups in total. The van der Waals surface area contributed by atoms with Gasteiger partial charge in [0.05, 0.1) is 12.0 Å². The standard InChI is InChI=1S/C29H46N2O4/c1-5-7-9-13-16-24-26(27(24)32)28(33)25(17-8-6-2)30-19-23(18-21(3)4)31-29(34)35-20-22-14-11-10-12-15-22/h10-16,21,23-26,28,30,33H,5-9,17-20H2,1-4H3,(H,31,34)/t23-,24?,25+,26?,28?/m1/s1. The number of aliphatic hydroxyl groups is 1. The van der Waals surface area contributed by atoms with Crippen LogP contribution in [0.25, 0.3) is 0 Å². The Labute approximate surface area is 211 Å². The predicted molar refractivity (Wildman–Crippen MR) is 141 cm³/mol. The van der Waals surface area contributed by atoms with Gasteiger partial charge >= 0.3 is 6.09 Å². The van der Waals surface area contributed by atoms with Crippen LogP contribution < -0.4 is 10.6 Å². The minimum absolute atomic E-state index is 0.130. The summed E-state index contributed by atoms with van der Waals surface area (Å²) < 4.78 is 5.41. The molecule has 1 aromatic carbocycles. The third-order valence-corrected chi connectivity index (χ3v) is 6.57. The van der Waals surface area contributed by atoms with Crippen LogP contribution in [0.5, 0.6) is 0 Å². The maximum absolute atomic E-state index is 12.4. The number of Topliss-reactive ketones (excluding diaryl/α,β-unsaturated/α-hetero) is 1. The third-order valence-electron chi connectivity index (χ3n) is 6.57. The molecule has 196 valence electrons. The van der Waals surface area contributed by atoms with E-state index < -0.39 is 12.2 Å². The number of carbonyl (C=O) groups is 2. The van der Waals surface area contributed by atoms with Crippen LogP contribution in [0.3, 0.4) is 0 Å². The van der Waals surface area contributed by atoms with Gasteiger partial charge in [-0.25, -0.2) is 4.79 Å². The molecule has 1 aliphatic carbocycles. The molecule has 1 saturated carbocycles. The average Bonchev–Trinajstić information content (AvgIpc) is 3.49. The summed E-state index contributed by atoms with van der Waals surface area (Å²) in [5.41, 5.74) is 0.941. The van der Waals surface area contributed by atoms with Crippen molar-refractivity contribution < 1.29 is 19.4 Å². The Morgan fingerprint density at radius 1 is 1.14 bits per heavy atom. The number of carbonyl (C=O) groups excluding carboxylic acids is 2. The fourth-order valence-corrected chi connectivity index (χ4v) is 4.49. The fraction of sp³-hybridized carbons (Fsp3) is 0.655. The number of hydrogen-bond acceptors (Lipinski definition) is 5. The highest BCUT2D eigenvalue weighted by molar-refractivity contribution is 6.01. The molecule has 0 spiro atoms. The first-order valence-corrected chi connectivity index (χ1v) is 13.5. The highest BCUT2D eigenvalue weighted by Gasteiger charge is 2.53. The molecule has 0 bridgehead atoms. The van der Waals surface area contributed by atoms with Gasteiger partial charge in [-0.05, 0) is 30.7 Å². The number of ketones is 1. The minimum Gasteiger partial charge on any atom is -0.445 e. The number of nitrogens with one attached hydrogen (secondary N) is 2. The van der Waals surface area contributed by atoms with Gasteiger partial charge in [-0.1, -0.05) is 95.9 Å². The van der Waals surface area contributed by atoms with E-state index in [0.29, 0.717) is 12.5 Å². The second-order valence-corrected chi connectivity index (χ2v) is 10.2. The van der Waals surface area contributed by atoms with Crippen LogP contribution >= 0.6 is 0 Å². The lowest BCUT2D eigenvalue weighted by Crippen LogP contribution is -2.49. The van der Waals surface area contributed by atoms with Crippen LogP contribution in [0.2, 0.25) is 0 Å². The summed E-state index contributed by atoms with van der Waals surface area (Å²) in [6, 6.07) is 9.29. The quantitative estimate of drug-likeness (QED) is 0.203. The molecule has 1 aromatic rings. The molecule has 0 saturated heterocycles. The van der Waals surface area contributed by atoms with E-state index in [1.807, 2.05) is 36.4 Å². The number of unbranched alkanes of at least 4 members (excludes halogenated alkanes) is 3. The first kappa shape index (κ1) is 29.1. The molecule has 3 unspecified atom stereocenters. The molecule has 1 aliphatic rings. The van der Waals surface area contributed by atoms with Crippen LogP contribution in [0, 0.1) is 17.8 Å². The SMILES string of the molecule is CCCCC=CC1C(=O)C1C(O)[C@H](CCCC)NC[C@@H](CC(C)C)NC(=O)OCc1ccccc1. The van der Waals surface area contributed by atoms with Crippen molar-refractivity contribution >= 4 is 11.9 Å². The molecule has 6 heteroatoms. The molecule has 1 fully saturated rings. The highest BCUT2D eigenvalue weighted by atomic mass is 16.5. The van der Waals surface area contributed by atoms with E-state index in [1.54, 1.807) is 0 Å². The van der Waals surface area contributed by atoms with Crippen LogP contribution in [0.4, 0.5) is 4.79 Å². The molecule has 0 heterocycles. The maximum atomic E-state index is 12.4. The zero-order chi connectivity index (χ0) is 25.6. The minimum atomic E-state index is -0.723. The highest BCUT2D eigenvalue weighted by Crippen LogP contribution is 2.39. The van der Waals surface area contributed by atoms with Crippen LogP contribution in [-0.2, 0) is 16.1 Å². The van der Waals surface area contributed by atoms with Crippen LogP contribution in [0.1, 0.15) is 78.2 Å². The van der Waals surface area contributed by atoms with Gasteiger partial charge in [0, 0.05) is 24.5 Å². The molecule has 6 nitrogen and oxygen atoms in total. The van der Waals surface area contributed by atoms with Crippen molar-refractivity contribution in [3.8, 4) is 0 Å². The van der Waals surface area contributed by atoms with Gasteiger partial charge in [0.15, 0.2) is 0 Å². The van der Waals surface area contributed by atoms with Crippen molar-refractivity contribution in [1.29, 1.82) is 0 Å². The Hall–Kier alpha value is -2.18. The van der Waals surface area contributed by atoms with E-state index in [9.17, 15) is 14.7 Å². The zero-order valence-corrected chi connectivity index (χ0v) is 22.0. The Morgan fingerprint density at radius 2 is 1.86 bits per heavy atom. The Balaban J connectivity index is 1.92. The summed E-state index contributed by atoms with van der Waals surface area (Å²) in [7, 11) is 0. The second-order valence-electron chi connectivity index (χ2n) is 10.2. The lowest BCUT2D eigenvalue weighted by Gasteiger charge is -2.28. The van der Waals surface area contributed by atoms with Gasteiger partial charge in [-0.15, -0.1) is 0 Å². The largest absolute Gasteiger partial charge is 0.445 e. The Morgan fingerprint density at radius 3 is 2.51 bits per heavy atom. The number of rotatable bonds is 17. The third kappa shape index (κ3) is 10.5. The summed E-state index contributed by atoms with van der Waals surface area (Å²) >= 11 is 0. The number of alkyl carbamates (subject to hydrolysis) is 1. The topological polar surface area (TPSA) is 87.7 Å². The van der Waals surface area contributed by atoms with Gasteiger partial charge in [0.1, 0.15) is 12.4 Å². The Bertz CT molecular complexity index is 780. The van der Waals surface area contributed by atoms with Crippen LogP contribution in [-0.4, -0.2) is 41.7 Å². The first-order valence-electron chi connectivity index (χ1n) is 13.5. The van der Waals surface area contributed by atoms with E-state index in [1.165, 1.54) is 0 Å². The van der Waals surface area contributed by atoms with Gasteiger partial charge in [-0.2, -0.15) is 0 Å². The number of benzene rings is 1. The number of allylic oxidation sites excluding steroid dienone is 2. The molecule has 0 aromatic heterocycles. The summed E-state index contributed by atoms with van der Waals surface area (Å²) in [6.07, 6.45) is 9.68. The van der Waals surface area contributed by atoms with Crippen molar-refractivity contribution in [2.75, 3.05) is 6.54 Å². The van der Waals surface area contributed by atoms with Crippen molar-refractivity contribution in [3.63, 3.8) is 0 Å². The first-order chi connectivity index (χ1) is 16.9. The van der Waals surface area contributed by atoms with Gasteiger partial charge in [-0.3, -0.25) is 4.79 Å². The van der Waals surface area contributed by atoms with Crippen molar-refractivity contribution in [3.05, 3.63) is 48.0 Å². The molecule has 0 radical (unpaired) electrons.